The van der Waals surface area contributed by atoms with E-state index in [4.69, 9.17) is 4.74 Å². The first kappa shape index (κ1) is 20.8. The van der Waals surface area contributed by atoms with E-state index in [9.17, 15) is 14.4 Å². The first-order valence-electron chi connectivity index (χ1n) is 10.9. The van der Waals surface area contributed by atoms with Crippen molar-refractivity contribution in [1.29, 1.82) is 0 Å². The fourth-order valence-electron chi connectivity index (χ4n) is 4.64. The summed E-state index contributed by atoms with van der Waals surface area (Å²) in [4.78, 5) is 47.6. The summed E-state index contributed by atoms with van der Waals surface area (Å²) >= 11 is 0. The topological polar surface area (TPSA) is 83.1 Å². The van der Waals surface area contributed by atoms with Crippen molar-refractivity contribution in [2.75, 3.05) is 52.5 Å². The molecule has 1 aromatic rings. The Kier molecular flexibility index (Phi) is 6.32. The van der Waals surface area contributed by atoms with Gasteiger partial charge in [-0.2, -0.15) is 0 Å². The number of likely N-dealkylation sites (tertiary alicyclic amines) is 2. The van der Waals surface area contributed by atoms with Crippen LogP contribution in [0.3, 0.4) is 0 Å². The average Bonchev–Trinajstić information content (AvgIpc) is 3.14. The zero-order valence-corrected chi connectivity index (χ0v) is 17.6. The molecule has 3 aliphatic heterocycles. The van der Waals surface area contributed by atoms with Gasteiger partial charge in [-0.1, -0.05) is 0 Å². The molecule has 0 radical (unpaired) electrons. The third kappa shape index (κ3) is 4.64. The summed E-state index contributed by atoms with van der Waals surface area (Å²) in [6.45, 7) is 6.89. The van der Waals surface area contributed by atoms with E-state index in [1.54, 1.807) is 12.4 Å². The molecule has 3 fully saturated rings. The molecule has 8 heteroatoms. The number of aromatic nitrogens is 1. The quantitative estimate of drug-likeness (QED) is 0.733. The summed E-state index contributed by atoms with van der Waals surface area (Å²) in [5, 5.41) is 0. The summed E-state index contributed by atoms with van der Waals surface area (Å²) < 4.78 is 5.31. The molecule has 0 N–H and O–H groups in total. The minimum atomic E-state index is -0.230. The van der Waals surface area contributed by atoms with E-state index in [2.05, 4.69) is 4.98 Å². The molecule has 8 nitrogen and oxygen atoms in total. The van der Waals surface area contributed by atoms with Gasteiger partial charge in [-0.15, -0.1) is 0 Å². The lowest BCUT2D eigenvalue weighted by atomic mass is 9.95. The number of piperidine rings is 1. The van der Waals surface area contributed by atoms with E-state index in [-0.39, 0.29) is 23.6 Å². The SMILES string of the molecule is Cc1cncc(C(=O)N2CCC(CN3CC(C(=O)N4CCOCC4)CC3=O)CC2)c1. The Balaban J connectivity index is 1.26. The number of nitrogens with zero attached hydrogens (tertiary/aromatic N) is 4. The zero-order chi connectivity index (χ0) is 21.1. The van der Waals surface area contributed by atoms with E-state index < -0.39 is 0 Å². The lowest BCUT2D eigenvalue weighted by Gasteiger charge is -2.34. The fourth-order valence-corrected chi connectivity index (χ4v) is 4.64. The summed E-state index contributed by atoms with van der Waals surface area (Å²) in [5.74, 6) is 0.322. The minimum Gasteiger partial charge on any atom is -0.378 e. The van der Waals surface area contributed by atoms with Crippen LogP contribution in [0.5, 0.6) is 0 Å². The first-order valence-corrected chi connectivity index (χ1v) is 10.9. The second-order valence-electron chi connectivity index (χ2n) is 8.62. The Morgan fingerprint density at radius 1 is 1.10 bits per heavy atom. The summed E-state index contributed by atoms with van der Waals surface area (Å²) in [7, 11) is 0. The maximum atomic E-state index is 12.7. The molecular weight excluding hydrogens is 384 g/mol. The highest BCUT2D eigenvalue weighted by molar-refractivity contribution is 5.94. The number of morpholine rings is 1. The second kappa shape index (κ2) is 9.12. The highest BCUT2D eigenvalue weighted by atomic mass is 16.5. The second-order valence-corrected chi connectivity index (χ2v) is 8.62. The molecule has 3 aliphatic rings. The Morgan fingerprint density at radius 3 is 2.53 bits per heavy atom. The van der Waals surface area contributed by atoms with Crippen LogP contribution in [0.2, 0.25) is 0 Å². The largest absolute Gasteiger partial charge is 0.378 e. The maximum Gasteiger partial charge on any atom is 0.255 e. The Bertz CT molecular complexity index is 800. The molecule has 3 amide bonds. The standard InChI is InChI=1S/C22H30N4O4/c1-16-10-18(13-23-12-16)21(28)24-4-2-17(3-5-24)14-26-15-19(11-20(26)27)22(29)25-6-8-30-9-7-25/h10,12-13,17,19H,2-9,11,14-15H2,1H3. The van der Waals surface area contributed by atoms with Crippen LogP contribution in [0.25, 0.3) is 0 Å². The summed E-state index contributed by atoms with van der Waals surface area (Å²) in [5.41, 5.74) is 1.61. The molecule has 0 bridgehead atoms. The number of hydrogen-bond acceptors (Lipinski definition) is 5. The van der Waals surface area contributed by atoms with Crippen LogP contribution in [0.15, 0.2) is 18.5 Å². The molecular formula is C22H30N4O4. The highest BCUT2D eigenvalue weighted by Crippen LogP contribution is 2.26. The van der Waals surface area contributed by atoms with Crippen molar-refractivity contribution >= 4 is 17.7 Å². The van der Waals surface area contributed by atoms with Gasteiger partial charge in [0.1, 0.15) is 0 Å². The van der Waals surface area contributed by atoms with E-state index >= 15 is 0 Å². The van der Waals surface area contributed by atoms with E-state index in [1.165, 1.54) is 0 Å². The number of hydrogen-bond donors (Lipinski definition) is 0. The minimum absolute atomic E-state index is 0.0260. The molecule has 0 spiro atoms. The number of rotatable bonds is 4. The smallest absolute Gasteiger partial charge is 0.255 e. The number of pyridine rings is 1. The van der Waals surface area contributed by atoms with Crippen LogP contribution in [0.1, 0.15) is 35.2 Å². The monoisotopic (exact) mass is 414 g/mol. The Labute approximate surface area is 177 Å². The van der Waals surface area contributed by atoms with Gasteiger partial charge < -0.3 is 19.4 Å². The maximum absolute atomic E-state index is 12.7. The molecule has 4 rings (SSSR count). The lowest BCUT2D eigenvalue weighted by Crippen LogP contribution is -2.45. The molecule has 1 atom stereocenters. The van der Waals surface area contributed by atoms with Crippen LogP contribution >= 0.6 is 0 Å². The third-order valence-electron chi connectivity index (χ3n) is 6.39. The van der Waals surface area contributed by atoms with Crippen LogP contribution in [-0.4, -0.2) is 89.9 Å². The number of carbonyl (C=O) groups is 3. The normalized spacial score (nSPS) is 23.2. The van der Waals surface area contributed by atoms with Gasteiger partial charge in [0.05, 0.1) is 24.7 Å². The van der Waals surface area contributed by atoms with Gasteiger partial charge in [-0.3, -0.25) is 19.4 Å². The van der Waals surface area contributed by atoms with Crippen molar-refractivity contribution in [1.82, 2.24) is 19.7 Å². The number of aryl methyl sites for hydroxylation is 1. The van der Waals surface area contributed by atoms with Crippen molar-refractivity contribution in [3.05, 3.63) is 29.6 Å². The molecule has 1 aromatic heterocycles. The van der Waals surface area contributed by atoms with Gasteiger partial charge in [0, 0.05) is 58.1 Å². The van der Waals surface area contributed by atoms with Crippen molar-refractivity contribution in [3.8, 4) is 0 Å². The van der Waals surface area contributed by atoms with Crippen LogP contribution in [0, 0.1) is 18.8 Å². The van der Waals surface area contributed by atoms with Crippen molar-refractivity contribution in [2.24, 2.45) is 11.8 Å². The predicted octanol–water partition coefficient (Wildman–Crippen LogP) is 0.950. The van der Waals surface area contributed by atoms with Gasteiger partial charge in [0.2, 0.25) is 11.8 Å². The molecule has 162 valence electrons. The Hall–Kier alpha value is -2.48. The molecule has 0 aromatic carbocycles. The van der Waals surface area contributed by atoms with Gasteiger partial charge in [0.25, 0.3) is 5.91 Å². The van der Waals surface area contributed by atoms with Crippen molar-refractivity contribution in [3.63, 3.8) is 0 Å². The number of carbonyl (C=O) groups excluding carboxylic acids is 3. The van der Waals surface area contributed by atoms with Gasteiger partial charge >= 0.3 is 0 Å². The van der Waals surface area contributed by atoms with E-state index in [0.29, 0.717) is 70.4 Å². The van der Waals surface area contributed by atoms with E-state index in [1.807, 2.05) is 27.7 Å². The average molecular weight is 415 g/mol. The third-order valence-corrected chi connectivity index (χ3v) is 6.39. The molecule has 0 saturated carbocycles. The highest BCUT2D eigenvalue weighted by Gasteiger charge is 2.38. The van der Waals surface area contributed by atoms with Gasteiger partial charge in [-0.05, 0) is 37.3 Å². The number of amides is 3. The predicted molar refractivity (Wildman–Crippen MR) is 110 cm³/mol. The van der Waals surface area contributed by atoms with Crippen molar-refractivity contribution in [2.45, 2.75) is 26.2 Å². The first-order chi connectivity index (χ1) is 14.5. The Morgan fingerprint density at radius 2 is 1.83 bits per heavy atom. The van der Waals surface area contributed by atoms with Gasteiger partial charge in [0.15, 0.2) is 0 Å². The zero-order valence-electron chi connectivity index (χ0n) is 17.6. The lowest BCUT2D eigenvalue weighted by molar-refractivity contribution is -0.139. The molecule has 30 heavy (non-hydrogen) atoms. The molecule has 4 heterocycles. The van der Waals surface area contributed by atoms with Crippen LogP contribution in [0.4, 0.5) is 0 Å². The number of ether oxygens (including phenoxy) is 1. The molecule has 3 saturated heterocycles. The van der Waals surface area contributed by atoms with Crippen LogP contribution in [-0.2, 0) is 14.3 Å². The molecule has 1 unspecified atom stereocenters. The summed E-state index contributed by atoms with van der Waals surface area (Å²) in [6, 6.07) is 1.87. The summed E-state index contributed by atoms with van der Waals surface area (Å²) in [6.07, 6.45) is 5.42. The van der Waals surface area contributed by atoms with Crippen molar-refractivity contribution < 1.29 is 19.1 Å². The van der Waals surface area contributed by atoms with Gasteiger partial charge in [-0.25, -0.2) is 0 Å². The molecule has 0 aliphatic carbocycles. The fraction of sp³-hybridized carbons (Fsp3) is 0.636. The van der Waals surface area contributed by atoms with Crippen LogP contribution < -0.4 is 0 Å². The van der Waals surface area contributed by atoms with E-state index in [0.717, 1.165) is 18.4 Å².